The highest BCUT2D eigenvalue weighted by Crippen LogP contribution is 2.37. The molecule has 23 heavy (non-hydrogen) atoms. The van der Waals surface area contributed by atoms with Crippen LogP contribution in [0.25, 0.3) is 0 Å². The van der Waals surface area contributed by atoms with Gasteiger partial charge in [-0.05, 0) is 35.4 Å². The summed E-state index contributed by atoms with van der Waals surface area (Å²) in [5, 5.41) is 3.82. The van der Waals surface area contributed by atoms with Crippen molar-refractivity contribution >= 4 is 11.6 Å². The molecule has 0 aliphatic heterocycles. The second-order valence-corrected chi connectivity index (χ2v) is 5.97. The zero-order chi connectivity index (χ0) is 16.8. The third-order valence-corrected chi connectivity index (χ3v) is 3.58. The van der Waals surface area contributed by atoms with E-state index >= 15 is 0 Å². The Morgan fingerprint density at radius 1 is 1.13 bits per heavy atom. The van der Waals surface area contributed by atoms with Crippen molar-refractivity contribution in [1.29, 1.82) is 0 Å². The van der Waals surface area contributed by atoms with Crippen molar-refractivity contribution in [3.63, 3.8) is 0 Å². The van der Waals surface area contributed by atoms with Gasteiger partial charge in [-0.1, -0.05) is 37.6 Å². The first kappa shape index (κ1) is 17.6. The molecule has 0 aromatic heterocycles. The molecule has 0 amide bonds. The van der Waals surface area contributed by atoms with Crippen molar-refractivity contribution in [3.05, 3.63) is 58.4 Å². The predicted octanol–water partition coefficient (Wildman–Crippen LogP) is 4.56. The van der Waals surface area contributed by atoms with Crippen LogP contribution in [0.15, 0.2) is 36.4 Å². The molecule has 3 nitrogen and oxygen atoms in total. The Morgan fingerprint density at radius 3 is 2.43 bits per heavy atom. The summed E-state index contributed by atoms with van der Waals surface area (Å²) in [5.41, 5.74) is 1.88. The van der Waals surface area contributed by atoms with Gasteiger partial charge in [0.05, 0.1) is 12.1 Å². The van der Waals surface area contributed by atoms with Crippen molar-refractivity contribution in [1.82, 2.24) is 5.32 Å². The topological polar surface area (TPSA) is 30.5 Å². The minimum Gasteiger partial charge on any atom is -0.493 e. The summed E-state index contributed by atoms with van der Waals surface area (Å²) >= 11 is 6.33. The smallest absolute Gasteiger partial charge is 0.180 e. The third-order valence-electron chi connectivity index (χ3n) is 3.30. The van der Waals surface area contributed by atoms with Gasteiger partial charge in [0, 0.05) is 12.6 Å². The third kappa shape index (κ3) is 5.12. The van der Waals surface area contributed by atoms with Crippen LogP contribution in [0, 0.1) is 5.82 Å². The number of ether oxygens (including phenoxy) is 2. The zero-order valence-electron chi connectivity index (χ0n) is 13.5. The average Bonchev–Trinajstić information content (AvgIpc) is 2.53. The van der Waals surface area contributed by atoms with Crippen LogP contribution < -0.4 is 14.8 Å². The molecule has 2 aromatic rings. The van der Waals surface area contributed by atoms with Gasteiger partial charge in [-0.25, -0.2) is 4.39 Å². The largest absolute Gasteiger partial charge is 0.493 e. The van der Waals surface area contributed by atoms with Gasteiger partial charge >= 0.3 is 0 Å². The maximum Gasteiger partial charge on any atom is 0.180 e. The highest BCUT2D eigenvalue weighted by molar-refractivity contribution is 6.32. The Labute approximate surface area is 141 Å². The second-order valence-electron chi connectivity index (χ2n) is 5.56. The molecule has 0 saturated carbocycles. The molecule has 0 radical (unpaired) electrons. The van der Waals surface area contributed by atoms with E-state index in [0.717, 1.165) is 11.1 Å². The van der Waals surface area contributed by atoms with E-state index in [9.17, 15) is 4.39 Å². The molecule has 0 bridgehead atoms. The van der Waals surface area contributed by atoms with Crippen LogP contribution in [-0.4, -0.2) is 13.2 Å². The van der Waals surface area contributed by atoms with Gasteiger partial charge in [0.2, 0.25) is 0 Å². The van der Waals surface area contributed by atoms with Gasteiger partial charge in [-0.15, -0.1) is 0 Å². The molecule has 1 N–H and O–H groups in total. The fourth-order valence-corrected chi connectivity index (χ4v) is 2.36. The van der Waals surface area contributed by atoms with E-state index in [1.54, 1.807) is 19.2 Å². The lowest BCUT2D eigenvalue weighted by atomic mass is 10.2. The van der Waals surface area contributed by atoms with Crippen LogP contribution in [0.3, 0.4) is 0 Å². The lowest BCUT2D eigenvalue weighted by Gasteiger charge is -2.15. The molecule has 0 spiro atoms. The summed E-state index contributed by atoms with van der Waals surface area (Å²) in [7, 11) is 1.58. The van der Waals surface area contributed by atoms with Crippen molar-refractivity contribution in [2.75, 3.05) is 7.11 Å². The summed E-state index contributed by atoms with van der Waals surface area (Å²) in [4.78, 5) is 0. The van der Waals surface area contributed by atoms with Gasteiger partial charge in [-0.3, -0.25) is 0 Å². The normalized spacial score (nSPS) is 10.9. The summed E-state index contributed by atoms with van der Waals surface area (Å²) in [6.07, 6.45) is 0. The zero-order valence-corrected chi connectivity index (χ0v) is 14.3. The lowest BCUT2D eigenvalue weighted by Crippen LogP contribution is -2.21. The van der Waals surface area contributed by atoms with Gasteiger partial charge < -0.3 is 14.8 Å². The molecule has 0 atom stereocenters. The maximum atomic E-state index is 12.9. The SMILES string of the molecule is COc1cc(CNC(C)C)cc(Cl)c1OCc1ccc(F)cc1. The minimum atomic E-state index is -0.272. The van der Waals surface area contributed by atoms with Crippen LogP contribution in [0.5, 0.6) is 11.5 Å². The van der Waals surface area contributed by atoms with E-state index in [-0.39, 0.29) is 5.82 Å². The Hall–Kier alpha value is -1.78. The van der Waals surface area contributed by atoms with Crippen molar-refractivity contribution in [2.45, 2.75) is 33.0 Å². The van der Waals surface area contributed by atoms with E-state index in [0.29, 0.717) is 35.7 Å². The van der Waals surface area contributed by atoms with E-state index in [1.807, 2.05) is 12.1 Å². The molecule has 124 valence electrons. The molecule has 0 aliphatic rings. The maximum absolute atomic E-state index is 12.9. The van der Waals surface area contributed by atoms with Crippen LogP contribution in [-0.2, 0) is 13.2 Å². The summed E-state index contributed by atoms with van der Waals surface area (Å²) in [6, 6.07) is 10.3. The quantitative estimate of drug-likeness (QED) is 0.803. The minimum absolute atomic E-state index is 0.272. The van der Waals surface area contributed by atoms with Crippen LogP contribution in [0.2, 0.25) is 5.02 Å². The molecular weight excluding hydrogens is 317 g/mol. The first-order chi connectivity index (χ1) is 11.0. The highest BCUT2D eigenvalue weighted by Gasteiger charge is 2.12. The Kier molecular flexibility index (Phi) is 6.25. The number of hydrogen-bond donors (Lipinski definition) is 1. The number of hydrogen-bond acceptors (Lipinski definition) is 3. The first-order valence-corrected chi connectivity index (χ1v) is 7.84. The Morgan fingerprint density at radius 2 is 1.83 bits per heavy atom. The van der Waals surface area contributed by atoms with Gasteiger partial charge in [0.25, 0.3) is 0 Å². The molecule has 0 heterocycles. The van der Waals surface area contributed by atoms with E-state index in [2.05, 4.69) is 19.2 Å². The van der Waals surface area contributed by atoms with Gasteiger partial charge in [-0.2, -0.15) is 0 Å². The Balaban J connectivity index is 2.12. The lowest BCUT2D eigenvalue weighted by molar-refractivity contribution is 0.284. The number of benzene rings is 2. The standard InChI is InChI=1S/C18H21ClFNO2/c1-12(2)21-10-14-8-16(19)18(17(9-14)22-3)23-11-13-4-6-15(20)7-5-13/h4-9,12,21H,10-11H2,1-3H3. The fourth-order valence-electron chi connectivity index (χ4n) is 2.07. The van der Waals surface area contributed by atoms with Crippen LogP contribution in [0.4, 0.5) is 4.39 Å². The molecular formula is C18H21ClFNO2. The summed E-state index contributed by atoms with van der Waals surface area (Å²) in [6.45, 7) is 5.16. The Bertz CT molecular complexity index is 644. The molecule has 0 aliphatic carbocycles. The van der Waals surface area contributed by atoms with Gasteiger partial charge in [0.1, 0.15) is 12.4 Å². The number of halogens is 2. The number of nitrogens with one attached hydrogen (secondary N) is 1. The predicted molar refractivity (Wildman–Crippen MR) is 90.7 cm³/mol. The molecule has 0 saturated heterocycles. The highest BCUT2D eigenvalue weighted by atomic mass is 35.5. The molecule has 2 rings (SSSR count). The summed E-state index contributed by atoms with van der Waals surface area (Å²) in [5.74, 6) is 0.804. The molecule has 5 heteroatoms. The molecule has 2 aromatic carbocycles. The van der Waals surface area contributed by atoms with Crippen molar-refractivity contribution in [3.8, 4) is 11.5 Å². The first-order valence-electron chi connectivity index (χ1n) is 7.46. The fraction of sp³-hybridized carbons (Fsp3) is 0.333. The van der Waals surface area contributed by atoms with Gasteiger partial charge in [0.15, 0.2) is 11.5 Å². The second kappa shape index (κ2) is 8.18. The molecule has 0 unspecified atom stereocenters. The van der Waals surface area contributed by atoms with E-state index in [1.165, 1.54) is 12.1 Å². The van der Waals surface area contributed by atoms with E-state index in [4.69, 9.17) is 21.1 Å². The monoisotopic (exact) mass is 337 g/mol. The van der Waals surface area contributed by atoms with Crippen LogP contribution in [0.1, 0.15) is 25.0 Å². The number of rotatable bonds is 7. The average molecular weight is 338 g/mol. The molecule has 0 fully saturated rings. The van der Waals surface area contributed by atoms with Crippen LogP contribution >= 0.6 is 11.6 Å². The van der Waals surface area contributed by atoms with Crippen molar-refractivity contribution < 1.29 is 13.9 Å². The number of methoxy groups -OCH3 is 1. The van der Waals surface area contributed by atoms with Crippen molar-refractivity contribution in [2.24, 2.45) is 0 Å². The van der Waals surface area contributed by atoms with E-state index < -0.39 is 0 Å². The summed E-state index contributed by atoms with van der Waals surface area (Å²) < 4.78 is 24.1.